The minimum atomic E-state index is -3.40. The van der Waals surface area contributed by atoms with Crippen molar-refractivity contribution in [2.45, 2.75) is 37.1 Å². The van der Waals surface area contributed by atoms with E-state index in [0.29, 0.717) is 29.7 Å². The van der Waals surface area contributed by atoms with E-state index in [4.69, 9.17) is 5.73 Å². The van der Waals surface area contributed by atoms with E-state index in [9.17, 15) is 8.42 Å². The van der Waals surface area contributed by atoms with Crippen LogP contribution in [0.3, 0.4) is 0 Å². The molecule has 1 unspecified atom stereocenters. The van der Waals surface area contributed by atoms with Crippen molar-refractivity contribution in [1.82, 2.24) is 9.21 Å². The fraction of sp³-hybridized carbons (Fsp3) is 0.600. The summed E-state index contributed by atoms with van der Waals surface area (Å²) in [6, 6.07) is 5.36. The maximum absolute atomic E-state index is 12.8. The Bertz CT molecular complexity index is 630. The number of anilines is 1. The summed E-state index contributed by atoms with van der Waals surface area (Å²) in [5, 5.41) is 0. The van der Waals surface area contributed by atoms with E-state index >= 15 is 0 Å². The van der Waals surface area contributed by atoms with Gasteiger partial charge >= 0.3 is 0 Å². The monoisotopic (exact) mass is 309 g/mol. The Morgan fingerprint density at radius 2 is 2.00 bits per heavy atom. The smallest absolute Gasteiger partial charge is 0.243 e. The van der Waals surface area contributed by atoms with E-state index in [1.807, 2.05) is 6.92 Å². The highest BCUT2D eigenvalue weighted by molar-refractivity contribution is 7.89. The van der Waals surface area contributed by atoms with Crippen LogP contribution in [0.5, 0.6) is 0 Å². The number of nitrogen functional groups attached to an aromatic ring is 1. The van der Waals surface area contributed by atoms with Gasteiger partial charge in [0.1, 0.15) is 0 Å². The summed E-state index contributed by atoms with van der Waals surface area (Å²) < 4.78 is 27.2. The molecule has 0 amide bonds. The van der Waals surface area contributed by atoms with Crippen LogP contribution in [0.25, 0.3) is 0 Å². The van der Waals surface area contributed by atoms with Crippen LogP contribution in [0.15, 0.2) is 23.1 Å². The summed E-state index contributed by atoms with van der Waals surface area (Å²) in [7, 11) is -3.40. The fourth-order valence-electron chi connectivity index (χ4n) is 3.30. The number of benzene rings is 1. The number of hydrogen-bond acceptors (Lipinski definition) is 4. The van der Waals surface area contributed by atoms with Crippen molar-refractivity contribution in [2.75, 3.05) is 31.9 Å². The maximum atomic E-state index is 12.8. The average molecular weight is 309 g/mol. The van der Waals surface area contributed by atoms with Crippen molar-refractivity contribution < 1.29 is 8.42 Å². The van der Waals surface area contributed by atoms with E-state index in [0.717, 1.165) is 25.1 Å². The molecule has 116 valence electrons. The van der Waals surface area contributed by atoms with Crippen LogP contribution in [0, 0.1) is 6.92 Å². The number of nitrogens with zero attached hydrogens (tertiary/aromatic N) is 2. The molecule has 2 aliphatic heterocycles. The molecule has 0 aromatic heterocycles. The van der Waals surface area contributed by atoms with Gasteiger partial charge < -0.3 is 5.73 Å². The van der Waals surface area contributed by atoms with E-state index in [1.54, 1.807) is 22.5 Å². The number of rotatable bonds is 2. The lowest BCUT2D eigenvalue weighted by molar-refractivity contribution is 0.0852. The van der Waals surface area contributed by atoms with E-state index < -0.39 is 10.0 Å². The first-order valence-corrected chi connectivity index (χ1v) is 9.03. The van der Waals surface area contributed by atoms with Gasteiger partial charge in [0, 0.05) is 31.4 Å². The third-order valence-electron chi connectivity index (χ3n) is 4.68. The van der Waals surface area contributed by atoms with Crippen molar-refractivity contribution in [3.05, 3.63) is 23.8 Å². The van der Waals surface area contributed by atoms with Crippen molar-refractivity contribution in [3.8, 4) is 0 Å². The normalized spacial score (nSPS) is 24.7. The molecular formula is C15H23N3O2S. The highest BCUT2D eigenvalue weighted by Gasteiger charge is 2.35. The molecule has 0 bridgehead atoms. The second-order valence-electron chi connectivity index (χ2n) is 6.07. The Hall–Kier alpha value is -1.11. The fourth-order valence-corrected chi connectivity index (χ4v) is 4.86. The number of piperidine rings is 1. The zero-order valence-electron chi connectivity index (χ0n) is 12.5. The Morgan fingerprint density at radius 3 is 2.76 bits per heavy atom. The first-order valence-electron chi connectivity index (χ1n) is 7.59. The summed E-state index contributed by atoms with van der Waals surface area (Å²) in [4.78, 5) is 2.79. The number of sulfonamides is 1. The van der Waals surface area contributed by atoms with Gasteiger partial charge in [0.15, 0.2) is 0 Å². The number of fused-ring (bicyclic) bond motifs is 1. The van der Waals surface area contributed by atoms with Crippen LogP contribution in [0.4, 0.5) is 5.69 Å². The number of nitrogens with two attached hydrogens (primary N) is 1. The van der Waals surface area contributed by atoms with Crippen LogP contribution in [0.1, 0.15) is 24.8 Å². The highest BCUT2D eigenvalue weighted by atomic mass is 32.2. The van der Waals surface area contributed by atoms with Crippen LogP contribution < -0.4 is 5.73 Å². The molecule has 1 aromatic carbocycles. The SMILES string of the molecule is Cc1cc(S(=O)(=O)N2CCN3CCCCC3C2)ccc1N. The molecule has 6 heteroatoms. The first-order chi connectivity index (χ1) is 9.98. The largest absolute Gasteiger partial charge is 0.399 e. The Labute approximate surface area is 126 Å². The van der Waals surface area contributed by atoms with Crippen molar-refractivity contribution in [1.29, 1.82) is 0 Å². The van der Waals surface area contributed by atoms with Gasteiger partial charge in [-0.25, -0.2) is 8.42 Å². The van der Waals surface area contributed by atoms with Gasteiger partial charge in [-0.05, 0) is 50.1 Å². The number of hydrogen-bond donors (Lipinski definition) is 1. The molecule has 2 saturated heterocycles. The summed E-state index contributed by atoms with van der Waals surface area (Å²) in [5.74, 6) is 0. The summed E-state index contributed by atoms with van der Waals surface area (Å²) in [5.41, 5.74) is 7.23. The molecule has 0 radical (unpaired) electrons. The van der Waals surface area contributed by atoms with E-state index in [-0.39, 0.29) is 0 Å². The molecular weight excluding hydrogens is 286 g/mol. The van der Waals surface area contributed by atoms with Crippen molar-refractivity contribution in [3.63, 3.8) is 0 Å². The molecule has 0 spiro atoms. The predicted octanol–water partition coefficient (Wildman–Crippen LogP) is 1.44. The summed E-state index contributed by atoms with van der Waals surface area (Å²) in [6.45, 7) is 5.00. The molecule has 1 atom stereocenters. The molecule has 2 heterocycles. The van der Waals surface area contributed by atoms with Gasteiger partial charge in [0.2, 0.25) is 10.0 Å². The molecule has 2 aliphatic rings. The molecule has 0 saturated carbocycles. The Morgan fingerprint density at radius 1 is 1.19 bits per heavy atom. The minimum absolute atomic E-state index is 0.360. The van der Waals surface area contributed by atoms with Crippen LogP contribution >= 0.6 is 0 Å². The van der Waals surface area contributed by atoms with Crippen LogP contribution in [-0.4, -0.2) is 49.8 Å². The quantitative estimate of drug-likeness (QED) is 0.840. The lowest BCUT2D eigenvalue weighted by Gasteiger charge is -2.43. The van der Waals surface area contributed by atoms with Gasteiger partial charge in [0.25, 0.3) is 0 Å². The second kappa shape index (κ2) is 5.59. The van der Waals surface area contributed by atoms with Crippen molar-refractivity contribution in [2.24, 2.45) is 0 Å². The maximum Gasteiger partial charge on any atom is 0.243 e. The molecule has 0 aliphatic carbocycles. The zero-order chi connectivity index (χ0) is 15.0. The third-order valence-corrected chi connectivity index (χ3v) is 6.54. The second-order valence-corrected chi connectivity index (χ2v) is 8.00. The topological polar surface area (TPSA) is 66.6 Å². The molecule has 1 aromatic rings. The van der Waals surface area contributed by atoms with Crippen LogP contribution in [-0.2, 0) is 10.0 Å². The van der Waals surface area contributed by atoms with E-state index in [1.165, 1.54) is 12.8 Å². The van der Waals surface area contributed by atoms with Crippen molar-refractivity contribution >= 4 is 15.7 Å². The minimum Gasteiger partial charge on any atom is -0.399 e. The van der Waals surface area contributed by atoms with E-state index in [2.05, 4.69) is 4.90 Å². The Balaban J connectivity index is 1.83. The lowest BCUT2D eigenvalue weighted by atomic mass is 10.0. The number of piperazine rings is 1. The zero-order valence-corrected chi connectivity index (χ0v) is 13.3. The highest BCUT2D eigenvalue weighted by Crippen LogP contribution is 2.26. The molecule has 2 fully saturated rings. The van der Waals surface area contributed by atoms with Gasteiger partial charge in [-0.1, -0.05) is 6.42 Å². The molecule has 21 heavy (non-hydrogen) atoms. The number of aryl methyl sites for hydroxylation is 1. The predicted molar refractivity (Wildman–Crippen MR) is 83.6 cm³/mol. The van der Waals surface area contributed by atoms with Gasteiger partial charge in [-0.3, -0.25) is 4.90 Å². The van der Waals surface area contributed by atoms with Gasteiger partial charge in [-0.15, -0.1) is 0 Å². The lowest BCUT2D eigenvalue weighted by Crippen LogP contribution is -2.56. The molecule has 5 nitrogen and oxygen atoms in total. The molecule has 3 rings (SSSR count). The Kier molecular flexibility index (Phi) is 3.94. The van der Waals surface area contributed by atoms with Crippen LogP contribution in [0.2, 0.25) is 0 Å². The van der Waals surface area contributed by atoms with Gasteiger partial charge in [-0.2, -0.15) is 4.31 Å². The summed E-state index contributed by atoms with van der Waals surface area (Å²) in [6.07, 6.45) is 3.54. The summed E-state index contributed by atoms with van der Waals surface area (Å²) >= 11 is 0. The van der Waals surface area contributed by atoms with Gasteiger partial charge in [0.05, 0.1) is 4.90 Å². The average Bonchev–Trinajstić information content (AvgIpc) is 2.49. The standard InChI is InChI=1S/C15H23N3O2S/c1-12-10-14(5-6-15(12)16)21(19,20)18-9-8-17-7-3-2-4-13(17)11-18/h5-6,10,13H,2-4,7-9,11,16H2,1H3. The third kappa shape index (κ3) is 2.80. The molecule has 2 N–H and O–H groups in total. The first kappa shape index (κ1) is 14.8.